The highest BCUT2D eigenvalue weighted by Crippen LogP contribution is 2.39. The number of thiophene rings is 1. The van der Waals surface area contributed by atoms with Crippen LogP contribution in [0.3, 0.4) is 0 Å². The fraction of sp³-hybridized carbons (Fsp3) is 0.222. The summed E-state index contributed by atoms with van der Waals surface area (Å²) in [4.78, 5) is 17.0. The van der Waals surface area contributed by atoms with Crippen molar-refractivity contribution in [2.45, 2.75) is 4.90 Å². The molecule has 0 spiro atoms. The number of rotatable bonds is 9. The summed E-state index contributed by atoms with van der Waals surface area (Å²) < 4.78 is 27.7. The molecule has 0 radical (unpaired) electrons. The predicted molar refractivity (Wildman–Crippen MR) is 130 cm³/mol. The van der Waals surface area contributed by atoms with Crippen LogP contribution in [-0.2, 0) is 10.0 Å². The minimum absolute atomic E-state index is 0.0554. The van der Waals surface area contributed by atoms with E-state index in [1.807, 2.05) is 0 Å². The number of thiazole rings is 1. The Hall–Kier alpha value is -0.910. The predicted octanol–water partition coefficient (Wildman–Crippen LogP) is 5.90. The van der Waals surface area contributed by atoms with Gasteiger partial charge >= 0.3 is 0 Å². The Bertz CT molecular complexity index is 1160. The molecule has 1 aromatic carbocycles. The minimum Gasteiger partial charge on any atom is -0.298 e. The number of aromatic nitrogens is 1. The van der Waals surface area contributed by atoms with E-state index in [1.54, 1.807) is 11.4 Å². The van der Waals surface area contributed by atoms with E-state index in [9.17, 15) is 13.2 Å². The number of nitrogens with one attached hydrogen (secondary N) is 1. The van der Waals surface area contributed by atoms with Gasteiger partial charge in [-0.1, -0.05) is 23.2 Å². The molecule has 0 saturated carbocycles. The van der Waals surface area contributed by atoms with E-state index < -0.39 is 15.9 Å². The van der Waals surface area contributed by atoms with Crippen LogP contribution in [0.1, 0.15) is 10.4 Å². The van der Waals surface area contributed by atoms with Gasteiger partial charge in [-0.3, -0.25) is 10.1 Å². The largest absolute Gasteiger partial charge is 0.298 e. The first-order valence-corrected chi connectivity index (χ1v) is 13.7. The molecule has 13 heteroatoms. The zero-order valence-corrected chi connectivity index (χ0v) is 21.1. The summed E-state index contributed by atoms with van der Waals surface area (Å²) in [6.07, 6.45) is 0. The lowest BCUT2D eigenvalue weighted by molar-refractivity contribution is 0.102. The molecule has 0 atom stereocenters. The van der Waals surface area contributed by atoms with Crippen LogP contribution in [0.15, 0.2) is 40.6 Å². The van der Waals surface area contributed by atoms with Gasteiger partial charge in [0.05, 0.1) is 14.9 Å². The minimum atomic E-state index is -3.76. The number of anilines is 1. The number of amides is 1. The summed E-state index contributed by atoms with van der Waals surface area (Å²) in [5.74, 6) is -0.123. The molecule has 6 nitrogen and oxygen atoms in total. The van der Waals surface area contributed by atoms with Crippen LogP contribution in [-0.4, -0.2) is 48.5 Å². The van der Waals surface area contributed by atoms with Crippen LogP contribution in [0.4, 0.5) is 5.13 Å². The molecule has 0 aliphatic heterocycles. The Labute approximate surface area is 207 Å². The Morgan fingerprint density at radius 1 is 1.10 bits per heavy atom. The molecule has 0 aliphatic rings. The molecule has 0 aliphatic carbocycles. The van der Waals surface area contributed by atoms with Crippen molar-refractivity contribution in [2.24, 2.45) is 0 Å². The lowest BCUT2D eigenvalue weighted by Crippen LogP contribution is -2.34. The number of sulfonamides is 1. The van der Waals surface area contributed by atoms with Crippen LogP contribution in [0.25, 0.3) is 11.3 Å². The van der Waals surface area contributed by atoms with Crippen LogP contribution in [0.5, 0.6) is 0 Å². The maximum atomic E-state index is 12.7. The highest BCUT2D eigenvalue weighted by molar-refractivity contribution is 7.89. The second-order valence-electron chi connectivity index (χ2n) is 6.04. The molecule has 1 N–H and O–H groups in total. The molecule has 0 unspecified atom stereocenters. The van der Waals surface area contributed by atoms with Gasteiger partial charge in [0.1, 0.15) is 4.34 Å². The van der Waals surface area contributed by atoms with Gasteiger partial charge in [-0.2, -0.15) is 4.31 Å². The molecule has 2 aromatic heterocycles. The number of hydrogen-bond donors (Lipinski definition) is 1. The third-order valence-corrected chi connectivity index (χ3v) is 8.58. The lowest BCUT2D eigenvalue weighted by Gasteiger charge is -2.20. The quantitative estimate of drug-likeness (QED) is 0.332. The van der Waals surface area contributed by atoms with Gasteiger partial charge in [-0.25, -0.2) is 13.4 Å². The van der Waals surface area contributed by atoms with Crippen LogP contribution in [0.2, 0.25) is 8.67 Å². The molecule has 31 heavy (non-hydrogen) atoms. The lowest BCUT2D eigenvalue weighted by atomic mass is 10.2. The topological polar surface area (TPSA) is 79.4 Å². The molecule has 1 amide bonds. The van der Waals surface area contributed by atoms with Crippen molar-refractivity contribution in [1.82, 2.24) is 9.29 Å². The number of benzene rings is 1. The Kier molecular flexibility index (Phi) is 8.62. The smallest absolute Gasteiger partial charge is 0.257 e. The van der Waals surface area contributed by atoms with Crippen molar-refractivity contribution in [1.29, 1.82) is 0 Å². The number of carbonyl (C=O) groups excluding carboxylic acids is 1. The normalized spacial score (nSPS) is 11.8. The second-order valence-corrected chi connectivity index (χ2v) is 11.9. The number of carbonyl (C=O) groups is 1. The molecular formula is C18H15Cl4N3O3S3. The van der Waals surface area contributed by atoms with E-state index in [2.05, 4.69) is 10.3 Å². The maximum Gasteiger partial charge on any atom is 0.257 e. The molecule has 0 bridgehead atoms. The molecule has 166 valence electrons. The number of alkyl halides is 2. The molecule has 0 saturated heterocycles. The molecule has 2 heterocycles. The van der Waals surface area contributed by atoms with Crippen molar-refractivity contribution in [3.05, 3.63) is 49.9 Å². The summed E-state index contributed by atoms with van der Waals surface area (Å²) in [6, 6.07) is 7.34. The molecule has 3 aromatic rings. The third-order valence-electron chi connectivity index (χ3n) is 4.08. The van der Waals surface area contributed by atoms with Crippen molar-refractivity contribution in [2.75, 3.05) is 30.2 Å². The van der Waals surface area contributed by atoms with Crippen molar-refractivity contribution in [3.63, 3.8) is 0 Å². The van der Waals surface area contributed by atoms with E-state index >= 15 is 0 Å². The van der Waals surface area contributed by atoms with Crippen LogP contribution < -0.4 is 5.32 Å². The molecule has 3 rings (SSSR count). The van der Waals surface area contributed by atoms with E-state index in [0.29, 0.717) is 25.1 Å². The summed E-state index contributed by atoms with van der Waals surface area (Å²) in [5.41, 5.74) is 1.59. The molecule has 0 fully saturated rings. The highest BCUT2D eigenvalue weighted by atomic mass is 35.5. The fourth-order valence-electron chi connectivity index (χ4n) is 2.61. The summed E-state index contributed by atoms with van der Waals surface area (Å²) in [5, 5.41) is 4.84. The number of halogens is 4. The average Bonchev–Trinajstić information content (AvgIpc) is 3.33. The molecular weight excluding hydrogens is 544 g/mol. The average molecular weight is 559 g/mol. The fourth-order valence-corrected chi connectivity index (χ4v) is 6.84. The Morgan fingerprint density at radius 2 is 1.74 bits per heavy atom. The first-order chi connectivity index (χ1) is 14.8. The van der Waals surface area contributed by atoms with Gasteiger partial charge in [-0.05, 0) is 30.3 Å². The van der Waals surface area contributed by atoms with Gasteiger partial charge in [0, 0.05) is 41.4 Å². The van der Waals surface area contributed by atoms with Gasteiger partial charge in [0.15, 0.2) is 5.13 Å². The van der Waals surface area contributed by atoms with E-state index in [4.69, 9.17) is 46.4 Å². The second kappa shape index (κ2) is 10.8. The van der Waals surface area contributed by atoms with Crippen molar-refractivity contribution < 1.29 is 13.2 Å². The first-order valence-electron chi connectivity index (χ1n) is 8.70. The highest BCUT2D eigenvalue weighted by Gasteiger charge is 2.24. The van der Waals surface area contributed by atoms with Crippen molar-refractivity contribution in [3.8, 4) is 11.3 Å². The van der Waals surface area contributed by atoms with E-state index in [-0.39, 0.29) is 35.3 Å². The zero-order valence-electron chi connectivity index (χ0n) is 15.6. The van der Waals surface area contributed by atoms with E-state index in [1.165, 1.54) is 51.2 Å². The zero-order chi connectivity index (χ0) is 22.6. The maximum absolute atomic E-state index is 12.7. The third kappa shape index (κ3) is 5.91. The van der Waals surface area contributed by atoms with Gasteiger partial charge in [-0.15, -0.1) is 45.9 Å². The monoisotopic (exact) mass is 557 g/mol. The standard InChI is InChI=1S/C18H15Cl4N3O3S3/c19-5-7-25(8-6-20)31(27,28)12-3-1-11(2-4-12)17(26)24-18-23-14(10-29-18)13-9-15(21)30-16(13)22/h1-4,9-10H,5-8H2,(H,23,24,26). The van der Waals surface area contributed by atoms with Gasteiger partial charge in [0.25, 0.3) is 5.91 Å². The SMILES string of the molecule is O=C(Nc1nc(-c2cc(Cl)sc2Cl)cs1)c1ccc(S(=O)(=O)N(CCCl)CCCl)cc1. The summed E-state index contributed by atoms with van der Waals surface area (Å²) >= 11 is 26.0. The number of nitrogens with zero attached hydrogens (tertiary/aromatic N) is 2. The van der Waals surface area contributed by atoms with Gasteiger partial charge < -0.3 is 0 Å². The van der Waals surface area contributed by atoms with Gasteiger partial charge in [0.2, 0.25) is 10.0 Å². The Balaban J connectivity index is 1.73. The first kappa shape index (κ1) is 24.7. The van der Waals surface area contributed by atoms with E-state index in [0.717, 1.165) is 0 Å². The summed E-state index contributed by atoms with van der Waals surface area (Å²) in [6.45, 7) is 0.287. The Morgan fingerprint density at radius 3 is 2.29 bits per heavy atom. The van der Waals surface area contributed by atoms with Crippen LogP contribution >= 0.6 is 69.1 Å². The van der Waals surface area contributed by atoms with Crippen molar-refractivity contribution >= 4 is 90.1 Å². The number of hydrogen-bond acceptors (Lipinski definition) is 6. The summed E-state index contributed by atoms with van der Waals surface area (Å²) in [7, 11) is -3.76. The van der Waals surface area contributed by atoms with Crippen LogP contribution in [0, 0.1) is 0 Å².